The Morgan fingerprint density at radius 1 is 1.12 bits per heavy atom. The molecule has 1 unspecified atom stereocenters. The number of urea groups is 1. The number of para-hydroxylation sites is 2. The maximum absolute atomic E-state index is 11.8. The fraction of sp³-hybridized carbons (Fsp3) is 0.278. The van der Waals surface area contributed by atoms with E-state index in [0.29, 0.717) is 30.5 Å². The molecule has 0 fully saturated rings. The smallest absolute Gasteiger partial charge is 0.314 e. The normalized spacial score (nSPS) is 15.6. The number of hydrogen-bond donors (Lipinski definition) is 2. The summed E-state index contributed by atoms with van der Waals surface area (Å²) >= 11 is 5.93. The van der Waals surface area contributed by atoms with Crippen LogP contribution in [0.1, 0.15) is 5.56 Å². The van der Waals surface area contributed by atoms with Crippen LogP contribution >= 0.6 is 11.6 Å². The van der Waals surface area contributed by atoms with Gasteiger partial charge in [-0.25, -0.2) is 4.79 Å². The minimum Gasteiger partial charge on any atom is -0.486 e. The van der Waals surface area contributed by atoms with Crippen LogP contribution in [0.3, 0.4) is 0 Å². The summed E-state index contributed by atoms with van der Waals surface area (Å²) in [6.45, 7) is 1.34. The molecule has 126 valence electrons. The van der Waals surface area contributed by atoms with Crippen molar-refractivity contribution in [3.8, 4) is 11.5 Å². The minimum atomic E-state index is -0.223. The summed E-state index contributed by atoms with van der Waals surface area (Å²) in [7, 11) is 0. The van der Waals surface area contributed by atoms with Gasteiger partial charge >= 0.3 is 6.03 Å². The van der Waals surface area contributed by atoms with Crippen molar-refractivity contribution in [3.63, 3.8) is 0 Å². The van der Waals surface area contributed by atoms with Crippen molar-refractivity contribution >= 4 is 17.6 Å². The maximum atomic E-state index is 11.8. The summed E-state index contributed by atoms with van der Waals surface area (Å²) in [5, 5.41) is 6.32. The van der Waals surface area contributed by atoms with Crippen molar-refractivity contribution in [2.24, 2.45) is 0 Å². The molecule has 5 nitrogen and oxygen atoms in total. The van der Waals surface area contributed by atoms with E-state index in [4.69, 9.17) is 21.1 Å². The van der Waals surface area contributed by atoms with E-state index in [0.717, 1.165) is 17.7 Å². The van der Waals surface area contributed by atoms with Crippen molar-refractivity contribution in [2.45, 2.75) is 12.5 Å². The SMILES string of the molecule is O=C(NCCc1cccc(Cl)c1)NCC1COc2ccccc2O1. The highest BCUT2D eigenvalue weighted by molar-refractivity contribution is 6.30. The number of amides is 2. The zero-order chi connectivity index (χ0) is 16.8. The summed E-state index contributed by atoms with van der Waals surface area (Å²) in [5.41, 5.74) is 1.09. The number of halogens is 1. The molecule has 0 saturated heterocycles. The van der Waals surface area contributed by atoms with Gasteiger partial charge in [0.1, 0.15) is 6.61 Å². The van der Waals surface area contributed by atoms with Crippen LogP contribution in [0.15, 0.2) is 48.5 Å². The monoisotopic (exact) mass is 346 g/mol. The van der Waals surface area contributed by atoms with Crippen molar-refractivity contribution in [2.75, 3.05) is 19.7 Å². The quantitative estimate of drug-likeness (QED) is 0.875. The summed E-state index contributed by atoms with van der Waals surface area (Å²) in [4.78, 5) is 11.8. The molecule has 1 aliphatic rings. The first-order chi connectivity index (χ1) is 11.7. The van der Waals surface area contributed by atoms with Gasteiger partial charge < -0.3 is 20.1 Å². The van der Waals surface area contributed by atoms with Crippen molar-refractivity contribution in [3.05, 3.63) is 59.1 Å². The fourth-order valence-electron chi connectivity index (χ4n) is 2.45. The number of nitrogens with one attached hydrogen (secondary N) is 2. The zero-order valence-corrected chi connectivity index (χ0v) is 13.9. The second-order valence-electron chi connectivity index (χ2n) is 5.51. The van der Waals surface area contributed by atoms with Crippen LogP contribution in [-0.4, -0.2) is 31.8 Å². The Balaban J connectivity index is 1.37. The van der Waals surface area contributed by atoms with Crippen molar-refractivity contribution < 1.29 is 14.3 Å². The van der Waals surface area contributed by atoms with Crippen LogP contribution in [0, 0.1) is 0 Å². The lowest BCUT2D eigenvalue weighted by atomic mass is 10.1. The van der Waals surface area contributed by atoms with Gasteiger partial charge in [-0.05, 0) is 36.2 Å². The zero-order valence-electron chi connectivity index (χ0n) is 13.1. The third kappa shape index (κ3) is 4.55. The molecule has 24 heavy (non-hydrogen) atoms. The molecule has 1 heterocycles. The number of benzene rings is 2. The van der Waals surface area contributed by atoms with Gasteiger partial charge in [-0.2, -0.15) is 0 Å². The number of ether oxygens (including phenoxy) is 2. The van der Waals surface area contributed by atoms with Crippen LogP contribution in [0.2, 0.25) is 5.02 Å². The highest BCUT2D eigenvalue weighted by atomic mass is 35.5. The molecule has 0 spiro atoms. The second-order valence-corrected chi connectivity index (χ2v) is 5.95. The number of fused-ring (bicyclic) bond motifs is 1. The largest absolute Gasteiger partial charge is 0.486 e. The summed E-state index contributed by atoms with van der Waals surface area (Å²) < 4.78 is 11.4. The molecule has 1 atom stereocenters. The molecule has 0 aromatic heterocycles. The maximum Gasteiger partial charge on any atom is 0.314 e. The Labute approximate surface area is 145 Å². The highest BCUT2D eigenvalue weighted by Gasteiger charge is 2.20. The molecule has 1 aliphatic heterocycles. The van der Waals surface area contributed by atoms with Gasteiger partial charge in [0.2, 0.25) is 0 Å². The summed E-state index contributed by atoms with van der Waals surface area (Å²) in [5.74, 6) is 1.44. The Bertz CT molecular complexity index is 708. The molecule has 0 bridgehead atoms. The number of carbonyl (C=O) groups is 1. The molecule has 0 saturated carbocycles. The highest BCUT2D eigenvalue weighted by Crippen LogP contribution is 2.30. The topological polar surface area (TPSA) is 59.6 Å². The van der Waals surface area contributed by atoms with E-state index in [-0.39, 0.29) is 12.1 Å². The Morgan fingerprint density at radius 2 is 1.96 bits per heavy atom. The molecule has 6 heteroatoms. The van der Waals surface area contributed by atoms with E-state index in [1.807, 2.05) is 48.5 Å². The lowest BCUT2D eigenvalue weighted by Gasteiger charge is -2.26. The van der Waals surface area contributed by atoms with Crippen molar-refractivity contribution in [1.82, 2.24) is 10.6 Å². The van der Waals surface area contributed by atoms with Gasteiger partial charge in [0.15, 0.2) is 17.6 Å². The van der Waals surface area contributed by atoms with Crippen LogP contribution in [0.4, 0.5) is 4.79 Å². The van der Waals surface area contributed by atoms with E-state index in [9.17, 15) is 4.79 Å². The minimum absolute atomic E-state index is 0.196. The van der Waals surface area contributed by atoms with Gasteiger partial charge in [0.25, 0.3) is 0 Å². The molecule has 2 amide bonds. The van der Waals surface area contributed by atoms with E-state index in [1.165, 1.54) is 0 Å². The molecule has 2 N–H and O–H groups in total. The van der Waals surface area contributed by atoms with Gasteiger partial charge in [0, 0.05) is 11.6 Å². The predicted molar refractivity (Wildman–Crippen MR) is 92.9 cm³/mol. The first-order valence-corrected chi connectivity index (χ1v) is 8.23. The first kappa shape index (κ1) is 16.5. The lowest BCUT2D eigenvalue weighted by molar-refractivity contribution is 0.0918. The third-order valence-corrected chi connectivity index (χ3v) is 3.88. The molecular formula is C18H19ClN2O3. The average molecular weight is 347 g/mol. The number of carbonyl (C=O) groups excluding carboxylic acids is 1. The molecule has 0 aliphatic carbocycles. The van der Waals surface area contributed by atoms with Crippen molar-refractivity contribution in [1.29, 1.82) is 0 Å². The molecule has 3 rings (SSSR count). The standard InChI is InChI=1S/C18H19ClN2O3/c19-14-5-3-4-13(10-14)8-9-20-18(22)21-11-15-12-23-16-6-1-2-7-17(16)24-15/h1-7,10,15H,8-9,11-12H2,(H2,20,21,22). The van der Waals surface area contributed by atoms with E-state index in [2.05, 4.69) is 10.6 Å². The Morgan fingerprint density at radius 3 is 2.79 bits per heavy atom. The summed E-state index contributed by atoms with van der Waals surface area (Å²) in [6, 6.07) is 14.9. The number of rotatable bonds is 5. The average Bonchev–Trinajstić information content (AvgIpc) is 2.60. The lowest BCUT2D eigenvalue weighted by Crippen LogP contribution is -2.44. The van der Waals surface area contributed by atoms with Crippen LogP contribution < -0.4 is 20.1 Å². The Hall–Kier alpha value is -2.40. The van der Waals surface area contributed by atoms with Gasteiger partial charge in [-0.1, -0.05) is 35.9 Å². The predicted octanol–water partition coefficient (Wildman–Crippen LogP) is 3.02. The molecule has 0 radical (unpaired) electrons. The van der Waals surface area contributed by atoms with Crippen LogP contribution in [0.5, 0.6) is 11.5 Å². The first-order valence-electron chi connectivity index (χ1n) is 7.85. The van der Waals surface area contributed by atoms with E-state index >= 15 is 0 Å². The van der Waals surface area contributed by atoms with E-state index < -0.39 is 0 Å². The Kier molecular flexibility index (Phi) is 5.43. The summed E-state index contributed by atoms with van der Waals surface area (Å²) in [6.07, 6.45) is 0.531. The number of hydrogen-bond acceptors (Lipinski definition) is 3. The van der Waals surface area contributed by atoms with E-state index in [1.54, 1.807) is 0 Å². The van der Waals surface area contributed by atoms with Gasteiger partial charge in [-0.3, -0.25) is 0 Å². The van der Waals surface area contributed by atoms with Crippen LogP contribution in [-0.2, 0) is 6.42 Å². The van der Waals surface area contributed by atoms with Crippen LogP contribution in [0.25, 0.3) is 0 Å². The van der Waals surface area contributed by atoms with Gasteiger partial charge in [0.05, 0.1) is 6.54 Å². The third-order valence-electron chi connectivity index (χ3n) is 3.65. The molecule has 2 aromatic carbocycles. The fourth-order valence-corrected chi connectivity index (χ4v) is 2.66. The van der Waals surface area contributed by atoms with Gasteiger partial charge in [-0.15, -0.1) is 0 Å². The second kappa shape index (κ2) is 7.93. The molecule has 2 aromatic rings. The molecular weight excluding hydrogens is 328 g/mol.